The molecule has 0 aliphatic heterocycles. The van der Waals surface area contributed by atoms with Gasteiger partial charge in [-0.15, -0.1) is 5.10 Å². The van der Waals surface area contributed by atoms with E-state index in [1.165, 1.54) is 6.07 Å². The second-order valence-electron chi connectivity index (χ2n) is 3.74. The Kier molecular flexibility index (Phi) is 2.85. The first kappa shape index (κ1) is 10.6. The lowest BCUT2D eigenvalue weighted by Gasteiger charge is -2.02. The Morgan fingerprint density at radius 3 is 2.88 bits per heavy atom. The van der Waals surface area contributed by atoms with E-state index in [1.807, 2.05) is 13.0 Å². The summed E-state index contributed by atoms with van der Waals surface area (Å²) in [6.45, 7) is 1.94. The van der Waals surface area contributed by atoms with Crippen molar-refractivity contribution >= 4 is 5.95 Å². The van der Waals surface area contributed by atoms with Crippen LogP contribution in [0.5, 0.6) is 0 Å². The molecule has 1 heterocycles. The van der Waals surface area contributed by atoms with Crippen molar-refractivity contribution in [1.29, 1.82) is 0 Å². The van der Waals surface area contributed by atoms with E-state index >= 15 is 0 Å². The summed E-state index contributed by atoms with van der Waals surface area (Å²) in [6.07, 6.45) is 1.19. The fourth-order valence-electron chi connectivity index (χ4n) is 1.57. The van der Waals surface area contributed by atoms with Gasteiger partial charge in [0.05, 0.1) is 0 Å². The minimum Gasteiger partial charge on any atom is -0.367 e. The fourth-order valence-corrected chi connectivity index (χ4v) is 1.57. The molecule has 5 heteroatoms. The normalized spacial score (nSPS) is 10.6. The number of rotatable bonds is 3. The van der Waals surface area contributed by atoms with Crippen molar-refractivity contribution in [3.05, 3.63) is 41.0 Å². The van der Waals surface area contributed by atoms with Crippen LogP contribution in [0.3, 0.4) is 0 Å². The topological polar surface area (TPSA) is 67.6 Å². The van der Waals surface area contributed by atoms with Crippen LogP contribution in [-0.4, -0.2) is 15.2 Å². The number of aromatic amines is 1. The highest BCUT2D eigenvalue weighted by molar-refractivity contribution is 5.24. The summed E-state index contributed by atoms with van der Waals surface area (Å²) < 4.78 is 13.4. The SMILES string of the molecule is Cc1ccc(F)c(CCc2nc(N)n[nH]2)c1. The van der Waals surface area contributed by atoms with Crippen LogP contribution in [-0.2, 0) is 12.8 Å². The number of nitrogens with two attached hydrogens (primary N) is 1. The lowest BCUT2D eigenvalue weighted by molar-refractivity contribution is 0.606. The highest BCUT2D eigenvalue weighted by Gasteiger charge is 2.05. The smallest absolute Gasteiger partial charge is 0.239 e. The summed E-state index contributed by atoms with van der Waals surface area (Å²) in [4.78, 5) is 3.97. The number of nitrogen functional groups attached to an aromatic ring is 1. The summed E-state index contributed by atoms with van der Waals surface area (Å²) in [5.74, 6) is 0.719. The lowest BCUT2D eigenvalue weighted by Crippen LogP contribution is -1.97. The Hall–Kier alpha value is -1.91. The number of hydrogen-bond acceptors (Lipinski definition) is 3. The van der Waals surface area contributed by atoms with Crippen molar-refractivity contribution in [3.8, 4) is 0 Å². The van der Waals surface area contributed by atoms with Crippen LogP contribution in [0.1, 0.15) is 17.0 Å². The fraction of sp³-hybridized carbons (Fsp3) is 0.273. The summed E-state index contributed by atoms with van der Waals surface area (Å²) in [6, 6.07) is 5.08. The largest absolute Gasteiger partial charge is 0.367 e. The van der Waals surface area contributed by atoms with Crippen LogP contribution in [0.15, 0.2) is 18.2 Å². The molecular formula is C11H13FN4. The minimum atomic E-state index is -0.182. The van der Waals surface area contributed by atoms with E-state index < -0.39 is 0 Å². The van der Waals surface area contributed by atoms with Gasteiger partial charge in [-0.1, -0.05) is 17.7 Å². The molecule has 0 fully saturated rings. The summed E-state index contributed by atoms with van der Waals surface area (Å²) in [5.41, 5.74) is 7.11. The molecule has 0 saturated heterocycles. The maximum absolute atomic E-state index is 13.4. The molecule has 1 aromatic carbocycles. The highest BCUT2D eigenvalue weighted by Crippen LogP contribution is 2.12. The highest BCUT2D eigenvalue weighted by atomic mass is 19.1. The van der Waals surface area contributed by atoms with Crippen molar-refractivity contribution in [1.82, 2.24) is 15.2 Å². The van der Waals surface area contributed by atoms with Crippen molar-refractivity contribution < 1.29 is 4.39 Å². The second kappa shape index (κ2) is 4.30. The third kappa shape index (κ3) is 2.36. The predicted molar refractivity (Wildman–Crippen MR) is 59.3 cm³/mol. The standard InChI is InChI=1S/C11H13FN4/c1-7-2-4-9(12)8(6-7)3-5-10-14-11(13)16-15-10/h2,4,6H,3,5H2,1H3,(H3,13,14,15,16). The van der Waals surface area contributed by atoms with Gasteiger partial charge >= 0.3 is 0 Å². The summed E-state index contributed by atoms with van der Waals surface area (Å²) >= 11 is 0. The van der Waals surface area contributed by atoms with Crippen LogP contribution in [0.2, 0.25) is 0 Å². The first-order valence-corrected chi connectivity index (χ1v) is 5.07. The maximum atomic E-state index is 13.4. The van der Waals surface area contributed by atoms with Gasteiger partial charge in [0.2, 0.25) is 5.95 Å². The molecule has 2 rings (SSSR count). The Morgan fingerprint density at radius 2 is 2.19 bits per heavy atom. The lowest BCUT2D eigenvalue weighted by atomic mass is 10.1. The average Bonchev–Trinajstić information content (AvgIpc) is 2.66. The van der Waals surface area contributed by atoms with Gasteiger partial charge < -0.3 is 5.73 Å². The van der Waals surface area contributed by atoms with Crippen molar-refractivity contribution in [2.75, 3.05) is 5.73 Å². The number of benzene rings is 1. The quantitative estimate of drug-likeness (QED) is 0.825. The summed E-state index contributed by atoms with van der Waals surface area (Å²) in [5, 5.41) is 6.42. The van der Waals surface area contributed by atoms with Gasteiger partial charge in [0.15, 0.2) is 0 Å². The van der Waals surface area contributed by atoms with Crippen LogP contribution in [0.4, 0.5) is 10.3 Å². The Balaban J connectivity index is 2.07. The van der Waals surface area contributed by atoms with Gasteiger partial charge in [-0.3, -0.25) is 5.10 Å². The van der Waals surface area contributed by atoms with Crippen LogP contribution in [0.25, 0.3) is 0 Å². The van der Waals surface area contributed by atoms with E-state index in [-0.39, 0.29) is 11.8 Å². The predicted octanol–water partition coefficient (Wildman–Crippen LogP) is 1.62. The molecule has 0 unspecified atom stereocenters. The van der Waals surface area contributed by atoms with E-state index in [4.69, 9.17) is 5.73 Å². The van der Waals surface area contributed by atoms with E-state index in [1.54, 1.807) is 6.07 Å². The van der Waals surface area contributed by atoms with E-state index in [0.29, 0.717) is 24.2 Å². The number of aromatic nitrogens is 3. The monoisotopic (exact) mass is 220 g/mol. The first-order chi connectivity index (χ1) is 7.65. The molecule has 16 heavy (non-hydrogen) atoms. The number of H-pyrrole nitrogens is 1. The van der Waals surface area contributed by atoms with Gasteiger partial charge in [0.1, 0.15) is 11.6 Å². The molecule has 0 atom stereocenters. The molecule has 4 nitrogen and oxygen atoms in total. The van der Waals surface area contributed by atoms with Gasteiger partial charge in [0, 0.05) is 6.42 Å². The molecule has 3 N–H and O–H groups in total. The van der Waals surface area contributed by atoms with E-state index in [2.05, 4.69) is 15.2 Å². The first-order valence-electron chi connectivity index (χ1n) is 5.07. The number of anilines is 1. The molecule has 2 aromatic rings. The molecule has 0 spiro atoms. The van der Waals surface area contributed by atoms with Gasteiger partial charge in [0.25, 0.3) is 0 Å². The molecule has 0 aliphatic rings. The third-order valence-corrected chi connectivity index (χ3v) is 2.38. The van der Waals surface area contributed by atoms with Crippen LogP contribution >= 0.6 is 0 Å². The molecule has 0 bridgehead atoms. The zero-order valence-electron chi connectivity index (χ0n) is 9.00. The molecule has 1 aromatic heterocycles. The number of nitrogens with one attached hydrogen (secondary N) is 1. The molecule has 0 saturated carbocycles. The molecular weight excluding hydrogens is 207 g/mol. The Morgan fingerprint density at radius 1 is 1.38 bits per heavy atom. The van der Waals surface area contributed by atoms with Crippen molar-refractivity contribution in [2.45, 2.75) is 19.8 Å². The number of aryl methyl sites for hydroxylation is 3. The van der Waals surface area contributed by atoms with Crippen molar-refractivity contribution in [2.24, 2.45) is 0 Å². The molecule has 0 aliphatic carbocycles. The number of halogens is 1. The van der Waals surface area contributed by atoms with E-state index in [0.717, 1.165) is 5.56 Å². The molecule has 84 valence electrons. The minimum absolute atomic E-state index is 0.182. The van der Waals surface area contributed by atoms with Crippen LogP contribution < -0.4 is 5.73 Å². The second-order valence-corrected chi connectivity index (χ2v) is 3.74. The Labute approximate surface area is 92.7 Å². The zero-order valence-corrected chi connectivity index (χ0v) is 9.00. The van der Waals surface area contributed by atoms with Crippen LogP contribution in [0, 0.1) is 12.7 Å². The third-order valence-electron chi connectivity index (χ3n) is 2.38. The Bertz CT molecular complexity index is 492. The number of nitrogens with zero attached hydrogens (tertiary/aromatic N) is 2. The van der Waals surface area contributed by atoms with Crippen molar-refractivity contribution in [3.63, 3.8) is 0 Å². The van der Waals surface area contributed by atoms with Gasteiger partial charge in [-0.2, -0.15) is 4.98 Å². The average molecular weight is 220 g/mol. The molecule has 0 radical (unpaired) electrons. The van der Waals surface area contributed by atoms with Gasteiger partial charge in [-0.25, -0.2) is 4.39 Å². The molecule has 0 amide bonds. The zero-order chi connectivity index (χ0) is 11.5. The van der Waals surface area contributed by atoms with E-state index in [9.17, 15) is 4.39 Å². The van der Waals surface area contributed by atoms with Gasteiger partial charge in [-0.05, 0) is 25.0 Å². The summed E-state index contributed by atoms with van der Waals surface area (Å²) in [7, 11) is 0. The number of hydrogen-bond donors (Lipinski definition) is 2. The maximum Gasteiger partial charge on any atom is 0.239 e.